The maximum Gasteiger partial charge on any atom is 0.387 e. The minimum atomic E-state index is -3.01. The fourth-order valence-electron chi connectivity index (χ4n) is 2.70. The zero-order valence-corrected chi connectivity index (χ0v) is 14.9. The Bertz CT molecular complexity index is 1050. The Labute approximate surface area is 158 Å². The highest BCUT2D eigenvalue weighted by Gasteiger charge is 2.12. The number of carbonyl (C=O) groups excluding carboxylic acids is 1. The van der Waals surface area contributed by atoms with E-state index in [4.69, 9.17) is 9.15 Å². The molecular weight excluding hydrogens is 372 g/mol. The average Bonchev–Trinajstić information content (AvgIpc) is 2.66. The molecule has 8 heteroatoms. The number of hydrogen-bond donors (Lipinski definition) is 1. The molecule has 2 aromatic carbocycles. The van der Waals surface area contributed by atoms with Crippen molar-refractivity contribution in [2.45, 2.75) is 20.0 Å². The van der Waals surface area contributed by atoms with Gasteiger partial charge in [0, 0.05) is 17.5 Å². The SMILES string of the molecule is CCc1cc(=O)oc2cc(OCC(=O)Nc3ccccc3OC(F)F)ccc12. The van der Waals surface area contributed by atoms with Gasteiger partial charge in [-0.05, 0) is 36.2 Å². The molecule has 0 aliphatic rings. The molecule has 0 bridgehead atoms. The van der Waals surface area contributed by atoms with Gasteiger partial charge in [0.25, 0.3) is 5.91 Å². The number of fused-ring (bicyclic) bond motifs is 1. The third kappa shape index (κ3) is 4.64. The lowest BCUT2D eigenvalue weighted by molar-refractivity contribution is -0.118. The maximum atomic E-state index is 12.4. The highest BCUT2D eigenvalue weighted by atomic mass is 19.3. The molecule has 28 heavy (non-hydrogen) atoms. The van der Waals surface area contributed by atoms with Crippen LogP contribution in [0.15, 0.2) is 57.7 Å². The van der Waals surface area contributed by atoms with Gasteiger partial charge in [0.05, 0.1) is 5.69 Å². The van der Waals surface area contributed by atoms with Crippen LogP contribution in [0, 0.1) is 0 Å². The third-order valence-corrected chi connectivity index (χ3v) is 3.93. The van der Waals surface area contributed by atoms with Crippen molar-refractivity contribution in [2.75, 3.05) is 11.9 Å². The number of aryl methyl sites for hydroxylation is 1. The molecule has 0 spiro atoms. The molecule has 0 saturated heterocycles. The highest BCUT2D eigenvalue weighted by Crippen LogP contribution is 2.26. The van der Waals surface area contributed by atoms with Gasteiger partial charge in [-0.1, -0.05) is 19.1 Å². The number of amides is 1. The lowest BCUT2D eigenvalue weighted by Crippen LogP contribution is -2.20. The summed E-state index contributed by atoms with van der Waals surface area (Å²) in [6, 6.07) is 12.2. The summed E-state index contributed by atoms with van der Waals surface area (Å²) in [5.74, 6) is -0.379. The smallest absolute Gasteiger partial charge is 0.387 e. The third-order valence-electron chi connectivity index (χ3n) is 3.93. The number of halogens is 2. The molecule has 0 aliphatic carbocycles. The van der Waals surface area contributed by atoms with Crippen LogP contribution >= 0.6 is 0 Å². The molecule has 0 unspecified atom stereocenters. The van der Waals surface area contributed by atoms with E-state index in [2.05, 4.69) is 10.1 Å². The van der Waals surface area contributed by atoms with Crippen LogP contribution in [0.1, 0.15) is 12.5 Å². The fourth-order valence-corrected chi connectivity index (χ4v) is 2.70. The summed E-state index contributed by atoms with van der Waals surface area (Å²) in [7, 11) is 0. The van der Waals surface area contributed by atoms with Gasteiger partial charge in [-0.2, -0.15) is 8.78 Å². The van der Waals surface area contributed by atoms with E-state index in [0.29, 0.717) is 17.8 Å². The summed E-state index contributed by atoms with van der Waals surface area (Å²) in [6.45, 7) is -1.44. The molecule has 1 N–H and O–H groups in total. The lowest BCUT2D eigenvalue weighted by atomic mass is 10.1. The Morgan fingerprint density at radius 1 is 1.18 bits per heavy atom. The summed E-state index contributed by atoms with van der Waals surface area (Å²) in [5.41, 5.74) is 0.854. The number of carbonyl (C=O) groups is 1. The molecule has 6 nitrogen and oxygen atoms in total. The predicted molar refractivity (Wildman–Crippen MR) is 99.1 cm³/mol. The minimum Gasteiger partial charge on any atom is -0.484 e. The summed E-state index contributed by atoms with van der Waals surface area (Å²) in [6.07, 6.45) is 0.671. The summed E-state index contributed by atoms with van der Waals surface area (Å²) in [5, 5.41) is 3.24. The Kier molecular flexibility index (Phi) is 5.88. The maximum absolute atomic E-state index is 12.4. The number of alkyl halides is 2. The monoisotopic (exact) mass is 389 g/mol. The largest absolute Gasteiger partial charge is 0.484 e. The molecule has 3 rings (SSSR count). The molecule has 1 aromatic heterocycles. The van der Waals surface area contributed by atoms with Crippen LogP contribution in [0.25, 0.3) is 11.0 Å². The number of rotatable bonds is 7. The summed E-state index contributed by atoms with van der Waals surface area (Å²) >= 11 is 0. The van der Waals surface area contributed by atoms with Crippen LogP contribution < -0.4 is 20.4 Å². The van der Waals surface area contributed by atoms with E-state index in [0.717, 1.165) is 10.9 Å². The van der Waals surface area contributed by atoms with E-state index < -0.39 is 18.1 Å². The quantitative estimate of drug-likeness (QED) is 0.619. The van der Waals surface area contributed by atoms with Gasteiger partial charge in [-0.3, -0.25) is 4.79 Å². The van der Waals surface area contributed by atoms with Crippen molar-refractivity contribution in [2.24, 2.45) is 0 Å². The Morgan fingerprint density at radius 3 is 2.71 bits per heavy atom. The van der Waals surface area contributed by atoms with Crippen molar-refractivity contribution in [1.82, 2.24) is 0 Å². The van der Waals surface area contributed by atoms with Crippen LogP contribution in [-0.2, 0) is 11.2 Å². The Morgan fingerprint density at radius 2 is 1.96 bits per heavy atom. The number of hydrogen-bond acceptors (Lipinski definition) is 5. The molecule has 0 fully saturated rings. The van der Waals surface area contributed by atoms with E-state index >= 15 is 0 Å². The number of benzene rings is 2. The predicted octanol–water partition coefficient (Wildman–Crippen LogP) is 3.97. The van der Waals surface area contributed by atoms with Crippen LogP contribution in [0.2, 0.25) is 0 Å². The number of anilines is 1. The van der Waals surface area contributed by atoms with Gasteiger partial charge in [0.15, 0.2) is 6.61 Å². The van der Waals surface area contributed by atoms with Gasteiger partial charge in [-0.25, -0.2) is 4.79 Å². The van der Waals surface area contributed by atoms with Crippen molar-refractivity contribution in [3.05, 3.63) is 64.5 Å². The number of nitrogens with one attached hydrogen (secondary N) is 1. The van der Waals surface area contributed by atoms with Crippen molar-refractivity contribution in [1.29, 1.82) is 0 Å². The van der Waals surface area contributed by atoms with Gasteiger partial charge < -0.3 is 19.2 Å². The molecule has 0 saturated carbocycles. The van der Waals surface area contributed by atoms with Gasteiger partial charge >= 0.3 is 12.2 Å². The molecule has 3 aromatic rings. The van der Waals surface area contributed by atoms with Gasteiger partial charge in [-0.15, -0.1) is 0 Å². The molecule has 146 valence electrons. The first kappa shape index (κ1) is 19.3. The van der Waals surface area contributed by atoms with Crippen LogP contribution in [0.3, 0.4) is 0 Å². The lowest BCUT2D eigenvalue weighted by Gasteiger charge is -2.12. The molecule has 0 radical (unpaired) electrons. The second-order valence-corrected chi connectivity index (χ2v) is 5.81. The zero-order valence-electron chi connectivity index (χ0n) is 14.9. The standard InChI is InChI=1S/C20H17F2NO5/c1-2-12-9-19(25)27-17-10-13(7-8-14(12)17)26-11-18(24)23-15-5-3-4-6-16(15)28-20(21)22/h3-10,20H,2,11H2,1H3,(H,23,24). The molecule has 1 heterocycles. The molecular formula is C20H17F2NO5. The topological polar surface area (TPSA) is 77.8 Å². The van der Waals surface area contributed by atoms with Crippen molar-refractivity contribution >= 4 is 22.6 Å². The number of para-hydroxylation sites is 2. The van der Waals surface area contributed by atoms with E-state index in [9.17, 15) is 18.4 Å². The first-order valence-corrected chi connectivity index (χ1v) is 8.49. The van der Waals surface area contributed by atoms with Gasteiger partial charge in [0.1, 0.15) is 17.1 Å². The first-order valence-electron chi connectivity index (χ1n) is 8.49. The molecule has 0 aliphatic heterocycles. The van der Waals surface area contributed by atoms with Gasteiger partial charge in [0.2, 0.25) is 0 Å². The van der Waals surface area contributed by atoms with Crippen LogP contribution in [-0.4, -0.2) is 19.1 Å². The summed E-state index contributed by atoms with van der Waals surface area (Å²) in [4.78, 5) is 23.7. The average molecular weight is 389 g/mol. The van der Waals surface area contributed by atoms with E-state index in [1.807, 2.05) is 6.92 Å². The molecule has 1 amide bonds. The second-order valence-electron chi connectivity index (χ2n) is 5.81. The first-order chi connectivity index (χ1) is 13.5. The van der Waals surface area contributed by atoms with Crippen LogP contribution in [0.4, 0.5) is 14.5 Å². The normalized spacial score (nSPS) is 10.9. The highest BCUT2D eigenvalue weighted by molar-refractivity contribution is 5.93. The second kappa shape index (κ2) is 8.51. The Hall–Kier alpha value is -3.42. The summed E-state index contributed by atoms with van der Waals surface area (Å²) < 4.78 is 39.8. The van der Waals surface area contributed by atoms with Crippen molar-refractivity contribution in [3.63, 3.8) is 0 Å². The Balaban J connectivity index is 1.69. The van der Waals surface area contributed by atoms with E-state index in [-0.39, 0.29) is 18.0 Å². The van der Waals surface area contributed by atoms with Crippen LogP contribution in [0.5, 0.6) is 11.5 Å². The van der Waals surface area contributed by atoms with Crippen molar-refractivity contribution < 1.29 is 27.5 Å². The molecule has 0 atom stereocenters. The van der Waals surface area contributed by atoms with Crippen molar-refractivity contribution in [3.8, 4) is 11.5 Å². The van der Waals surface area contributed by atoms with E-state index in [1.54, 1.807) is 18.2 Å². The minimum absolute atomic E-state index is 0.105. The fraction of sp³-hybridized carbons (Fsp3) is 0.200. The van der Waals surface area contributed by atoms with E-state index in [1.165, 1.54) is 30.3 Å². The zero-order chi connectivity index (χ0) is 20.1. The number of ether oxygens (including phenoxy) is 2.